The molecule has 0 bridgehead atoms. The third-order valence-electron chi connectivity index (χ3n) is 4.54. The number of rotatable bonds is 10. The van der Waals surface area contributed by atoms with Crippen LogP contribution in [0, 0.1) is 0 Å². The standard InChI is InChI=1S/C23H26ClN3O3S/c1-16(2)30-13-5-12-27-22(29)19-6-3-4-7-20(19)26-23(27)31-15-21(28)25-14-17-8-10-18(24)11-9-17/h3-4,6-11,16H,5,12-15H2,1-2H3,(H,25,28). The molecule has 0 radical (unpaired) electrons. The molecular weight excluding hydrogens is 434 g/mol. The fourth-order valence-corrected chi connectivity index (χ4v) is 3.96. The number of hydrogen-bond acceptors (Lipinski definition) is 5. The number of nitrogens with zero attached hydrogens (tertiary/aromatic N) is 2. The maximum Gasteiger partial charge on any atom is 0.262 e. The predicted octanol–water partition coefficient (Wildman–Crippen LogP) is 4.27. The highest BCUT2D eigenvalue weighted by Gasteiger charge is 2.13. The van der Waals surface area contributed by atoms with Gasteiger partial charge in [0.25, 0.3) is 5.56 Å². The Bertz CT molecular complexity index is 1080. The van der Waals surface area contributed by atoms with E-state index >= 15 is 0 Å². The first-order valence-corrected chi connectivity index (χ1v) is 11.6. The maximum atomic E-state index is 13.0. The second kappa shape index (κ2) is 11.3. The monoisotopic (exact) mass is 459 g/mol. The number of nitrogens with one attached hydrogen (secondary N) is 1. The normalized spacial score (nSPS) is 11.2. The molecule has 2 aromatic carbocycles. The van der Waals surface area contributed by atoms with E-state index < -0.39 is 0 Å². The van der Waals surface area contributed by atoms with Crippen LogP contribution in [0.25, 0.3) is 10.9 Å². The van der Waals surface area contributed by atoms with Crippen LogP contribution in [0.2, 0.25) is 5.02 Å². The molecule has 0 fully saturated rings. The van der Waals surface area contributed by atoms with Crippen molar-refractivity contribution in [2.24, 2.45) is 0 Å². The summed E-state index contributed by atoms with van der Waals surface area (Å²) in [5, 5.41) is 4.65. The molecule has 3 aromatic rings. The van der Waals surface area contributed by atoms with Crippen molar-refractivity contribution >= 4 is 40.2 Å². The summed E-state index contributed by atoms with van der Waals surface area (Å²) in [7, 11) is 0. The first-order chi connectivity index (χ1) is 14.9. The van der Waals surface area contributed by atoms with Crippen molar-refractivity contribution in [3.8, 4) is 0 Å². The SMILES string of the molecule is CC(C)OCCCn1c(SCC(=O)NCc2ccc(Cl)cc2)nc2ccccc2c1=O. The van der Waals surface area contributed by atoms with E-state index in [1.165, 1.54) is 11.8 Å². The van der Waals surface area contributed by atoms with Crippen molar-refractivity contribution < 1.29 is 9.53 Å². The van der Waals surface area contributed by atoms with E-state index in [-0.39, 0.29) is 23.3 Å². The Morgan fingerprint density at radius 3 is 2.68 bits per heavy atom. The van der Waals surface area contributed by atoms with E-state index in [0.717, 1.165) is 5.56 Å². The van der Waals surface area contributed by atoms with Crippen molar-refractivity contribution in [2.45, 2.75) is 44.6 Å². The van der Waals surface area contributed by atoms with Gasteiger partial charge in [-0.1, -0.05) is 47.6 Å². The summed E-state index contributed by atoms with van der Waals surface area (Å²) in [4.78, 5) is 30.0. The smallest absolute Gasteiger partial charge is 0.262 e. The molecule has 0 saturated heterocycles. The van der Waals surface area contributed by atoms with Crippen LogP contribution in [-0.4, -0.2) is 33.9 Å². The lowest BCUT2D eigenvalue weighted by Crippen LogP contribution is -2.27. The fraction of sp³-hybridized carbons (Fsp3) is 0.348. The van der Waals surface area contributed by atoms with E-state index in [1.54, 1.807) is 22.8 Å². The Kier molecular flexibility index (Phi) is 8.51. The Balaban J connectivity index is 1.68. The van der Waals surface area contributed by atoms with Gasteiger partial charge in [-0.15, -0.1) is 0 Å². The highest BCUT2D eigenvalue weighted by atomic mass is 35.5. The van der Waals surface area contributed by atoms with Crippen LogP contribution in [0.4, 0.5) is 0 Å². The molecule has 0 aliphatic carbocycles. The van der Waals surface area contributed by atoms with Gasteiger partial charge in [-0.25, -0.2) is 4.98 Å². The van der Waals surface area contributed by atoms with Gasteiger partial charge in [0.15, 0.2) is 5.16 Å². The third kappa shape index (κ3) is 6.82. The number of carbonyl (C=O) groups excluding carboxylic acids is 1. The second-order valence-corrected chi connectivity index (χ2v) is 8.71. The molecule has 8 heteroatoms. The van der Waals surface area contributed by atoms with Crippen LogP contribution >= 0.6 is 23.4 Å². The average Bonchev–Trinajstić information content (AvgIpc) is 2.76. The van der Waals surface area contributed by atoms with Crippen molar-refractivity contribution in [1.82, 2.24) is 14.9 Å². The molecule has 3 rings (SSSR count). The van der Waals surface area contributed by atoms with Crippen molar-refractivity contribution in [2.75, 3.05) is 12.4 Å². The summed E-state index contributed by atoms with van der Waals surface area (Å²) in [6, 6.07) is 14.6. The molecule has 164 valence electrons. The van der Waals surface area contributed by atoms with Gasteiger partial charge in [-0.05, 0) is 50.1 Å². The number of para-hydroxylation sites is 1. The molecule has 0 unspecified atom stereocenters. The molecule has 31 heavy (non-hydrogen) atoms. The highest BCUT2D eigenvalue weighted by Crippen LogP contribution is 2.18. The minimum Gasteiger partial charge on any atom is -0.379 e. The highest BCUT2D eigenvalue weighted by molar-refractivity contribution is 7.99. The summed E-state index contributed by atoms with van der Waals surface area (Å²) >= 11 is 7.15. The molecule has 6 nitrogen and oxygen atoms in total. The van der Waals surface area contributed by atoms with Gasteiger partial charge < -0.3 is 10.1 Å². The summed E-state index contributed by atoms with van der Waals surface area (Å²) in [5.74, 6) is 0.0398. The lowest BCUT2D eigenvalue weighted by molar-refractivity contribution is -0.118. The first-order valence-electron chi connectivity index (χ1n) is 10.2. The summed E-state index contributed by atoms with van der Waals surface area (Å²) in [5.41, 5.74) is 1.50. The Hall–Kier alpha value is -2.35. The van der Waals surface area contributed by atoms with Gasteiger partial charge in [0.2, 0.25) is 5.91 Å². The van der Waals surface area contributed by atoms with Crippen LogP contribution < -0.4 is 10.9 Å². The van der Waals surface area contributed by atoms with Gasteiger partial charge in [0, 0.05) is 24.7 Å². The minimum absolute atomic E-state index is 0.0979. The molecule has 1 aromatic heterocycles. The number of fused-ring (bicyclic) bond motifs is 1. The third-order valence-corrected chi connectivity index (χ3v) is 5.77. The van der Waals surface area contributed by atoms with Crippen molar-refractivity contribution in [3.05, 3.63) is 69.5 Å². The number of halogens is 1. The van der Waals surface area contributed by atoms with Crippen LogP contribution in [0.3, 0.4) is 0 Å². The molecule has 1 heterocycles. The topological polar surface area (TPSA) is 73.2 Å². The second-order valence-electron chi connectivity index (χ2n) is 7.33. The fourth-order valence-electron chi connectivity index (χ4n) is 2.98. The zero-order chi connectivity index (χ0) is 22.2. The van der Waals surface area contributed by atoms with Gasteiger partial charge >= 0.3 is 0 Å². The van der Waals surface area contributed by atoms with E-state index in [4.69, 9.17) is 16.3 Å². The number of benzene rings is 2. The van der Waals surface area contributed by atoms with Crippen LogP contribution in [0.5, 0.6) is 0 Å². The number of thioether (sulfide) groups is 1. The Morgan fingerprint density at radius 1 is 1.19 bits per heavy atom. The van der Waals surface area contributed by atoms with Crippen LogP contribution in [0.15, 0.2) is 58.5 Å². The number of ether oxygens (including phenoxy) is 1. The van der Waals surface area contributed by atoms with Gasteiger partial charge in [-0.2, -0.15) is 0 Å². The van der Waals surface area contributed by atoms with E-state index in [0.29, 0.717) is 47.2 Å². The quantitative estimate of drug-likeness (QED) is 0.278. The molecule has 0 aliphatic heterocycles. The lowest BCUT2D eigenvalue weighted by atomic mass is 10.2. The number of amides is 1. The summed E-state index contributed by atoms with van der Waals surface area (Å²) < 4.78 is 7.24. The minimum atomic E-state index is -0.128. The van der Waals surface area contributed by atoms with Crippen LogP contribution in [-0.2, 0) is 22.6 Å². The van der Waals surface area contributed by atoms with Crippen molar-refractivity contribution in [1.29, 1.82) is 0 Å². The molecule has 0 atom stereocenters. The number of aromatic nitrogens is 2. The molecule has 1 amide bonds. The molecule has 0 spiro atoms. The number of hydrogen-bond donors (Lipinski definition) is 1. The molecule has 0 saturated carbocycles. The summed E-state index contributed by atoms with van der Waals surface area (Å²) in [6.45, 7) is 5.42. The van der Waals surface area contributed by atoms with Gasteiger partial charge in [0.05, 0.1) is 22.8 Å². The van der Waals surface area contributed by atoms with Gasteiger partial charge in [0.1, 0.15) is 0 Å². The lowest BCUT2D eigenvalue weighted by Gasteiger charge is -2.14. The average molecular weight is 460 g/mol. The Labute approximate surface area is 191 Å². The number of carbonyl (C=O) groups is 1. The molecule has 1 N–H and O–H groups in total. The zero-order valence-electron chi connectivity index (χ0n) is 17.6. The zero-order valence-corrected chi connectivity index (χ0v) is 19.2. The molecule has 0 aliphatic rings. The first kappa shape index (κ1) is 23.3. The maximum absolute atomic E-state index is 13.0. The van der Waals surface area contributed by atoms with E-state index in [1.807, 2.05) is 44.2 Å². The van der Waals surface area contributed by atoms with Crippen molar-refractivity contribution in [3.63, 3.8) is 0 Å². The van der Waals surface area contributed by atoms with Gasteiger partial charge in [-0.3, -0.25) is 14.2 Å². The Morgan fingerprint density at radius 2 is 1.94 bits per heavy atom. The van der Waals surface area contributed by atoms with Crippen LogP contribution in [0.1, 0.15) is 25.8 Å². The molecular formula is C23H26ClN3O3S. The summed E-state index contributed by atoms with van der Waals surface area (Å²) in [6.07, 6.45) is 0.832. The predicted molar refractivity (Wildman–Crippen MR) is 126 cm³/mol. The van der Waals surface area contributed by atoms with E-state index in [2.05, 4.69) is 10.3 Å². The van der Waals surface area contributed by atoms with E-state index in [9.17, 15) is 9.59 Å². The largest absolute Gasteiger partial charge is 0.379 e.